The summed E-state index contributed by atoms with van der Waals surface area (Å²) in [6.07, 6.45) is 0. The van der Waals surface area contributed by atoms with Gasteiger partial charge in [0.1, 0.15) is 0 Å². The van der Waals surface area contributed by atoms with E-state index in [9.17, 15) is 9.59 Å². The lowest BCUT2D eigenvalue weighted by Crippen LogP contribution is -2.30. The zero-order valence-electron chi connectivity index (χ0n) is 7.23. The molecular formula is C6H9N3O3S. The summed E-state index contributed by atoms with van der Waals surface area (Å²) in [6.45, 7) is 2.19. The van der Waals surface area contributed by atoms with E-state index in [-0.39, 0.29) is 5.19 Å². The van der Waals surface area contributed by atoms with Gasteiger partial charge in [0.05, 0.1) is 6.61 Å². The van der Waals surface area contributed by atoms with Crippen LogP contribution in [0.1, 0.15) is 6.92 Å². The number of carbonyl (C=O) groups excluding carboxylic acids is 1. The van der Waals surface area contributed by atoms with Crippen LogP contribution in [0, 0.1) is 0 Å². The van der Waals surface area contributed by atoms with Gasteiger partial charge in [0, 0.05) is 18.6 Å². The Balaban J connectivity index is 2.96. The van der Waals surface area contributed by atoms with Gasteiger partial charge < -0.3 is 10.1 Å². The highest BCUT2D eigenvalue weighted by Gasteiger charge is 2.11. The Bertz CT molecular complexity index is 356. The molecule has 0 aliphatic rings. The Hall–Kier alpha value is -1.37. The summed E-state index contributed by atoms with van der Waals surface area (Å²) in [5, 5.41) is 2.52. The molecule has 0 unspecified atom stereocenters. The van der Waals surface area contributed by atoms with Crippen molar-refractivity contribution in [3.63, 3.8) is 0 Å². The first-order valence-corrected chi connectivity index (χ1v) is 4.41. The second-order valence-electron chi connectivity index (χ2n) is 2.03. The van der Waals surface area contributed by atoms with E-state index < -0.39 is 11.7 Å². The fourth-order valence-corrected chi connectivity index (χ4v) is 1.41. The lowest BCUT2D eigenvalue weighted by Gasteiger charge is -1.94. The van der Waals surface area contributed by atoms with Crippen molar-refractivity contribution in [3.05, 3.63) is 10.5 Å². The molecule has 13 heavy (non-hydrogen) atoms. The van der Waals surface area contributed by atoms with E-state index in [2.05, 4.69) is 10.3 Å². The lowest BCUT2D eigenvalue weighted by atomic mass is 10.9. The van der Waals surface area contributed by atoms with Gasteiger partial charge in [-0.25, -0.2) is 9.59 Å². The fourth-order valence-electron chi connectivity index (χ4n) is 0.673. The summed E-state index contributed by atoms with van der Waals surface area (Å²) in [5.41, 5.74) is -0.618. The minimum atomic E-state index is -0.618. The molecule has 72 valence electrons. The van der Waals surface area contributed by atoms with Crippen LogP contribution in [0.25, 0.3) is 0 Å². The lowest BCUT2D eigenvalue weighted by molar-refractivity contribution is 0.245. The normalized spacial score (nSPS) is 9.69. The third kappa shape index (κ3) is 2.05. The van der Waals surface area contributed by atoms with Crippen molar-refractivity contribution in [2.24, 2.45) is 0 Å². The van der Waals surface area contributed by atoms with Gasteiger partial charge in [0.2, 0.25) is 0 Å². The van der Waals surface area contributed by atoms with Crippen LogP contribution in [0.4, 0.5) is 4.79 Å². The summed E-state index contributed by atoms with van der Waals surface area (Å²) < 4.78 is 5.86. The second-order valence-corrected chi connectivity index (χ2v) is 2.93. The molecule has 6 nitrogen and oxygen atoms in total. The summed E-state index contributed by atoms with van der Waals surface area (Å²) in [7, 11) is 1.44. The molecule has 0 aliphatic carbocycles. The van der Waals surface area contributed by atoms with Crippen LogP contribution in [-0.2, 0) is 0 Å². The molecule has 0 spiro atoms. The second kappa shape index (κ2) is 4.04. The number of aromatic nitrogens is 2. The number of ether oxygens (including phenoxy) is 1. The molecule has 1 rings (SSSR count). The van der Waals surface area contributed by atoms with Crippen LogP contribution in [0.5, 0.6) is 5.19 Å². The van der Waals surface area contributed by atoms with Crippen LogP contribution in [0.15, 0.2) is 4.79 Å². The van der Waals surface area contributed by atoms with Crippen LogP contribution in [0.2, 0.25) is 0 Å². The van der Waals surface area contributed by atoms with Crippen LogP contribution in [0.3, 0.4) is 0 Å². The maximum absolute atomic E-state index is 11.0. The van der Waals surface area contributed by atoms with Gasteiger partial charge in [-0.2, -0.15) is 3.96 Å². The molecule has 1 amide bonds. The van der Waals surface area contributed by atoms with Gasteiger partial charge >= 0.3 is 11.7 Å². The Labute approximate surface area is 78.3 Å². The molecule has 7 heteroatoms. The van der Waals surface area contributed by atoms with Crippen molar-refractivity contribution in [3.8, 4) is 5.19 Å². The Morgan fingerprint density at radius 2 is 2.46 bits per heavy atom. The molecule has 0 aliphatic heterocycles. The van der Waals surface area contributed by atoms with E-state index in [0.717, 1.165) is 15.5 Å². The van der Waals surface area contributed by atoms with Crippen molar-refractivity contribution in [2.45, 2.75) is 6.92 Å². The van der Waals surface area contributed by atoms with Gasteiger partial charge in [-0.15, -0.1) is 4.98 Å². The van der Waals surface area contributed by atoms with E-state index in [1.165, 1.54) is 7.05 Å². The largest absolute Gasteiger partial charge is 0.469 e. The predicted octanol–water partition coefficient (Wildman–Crippen LogP) is -0.109. The number of hydrogen-bond acceptors (Lipinski definition) is 5. The average molecular weight is 203 g/mol. The molecule has 1 N–H and O–H groups in total. The molecule has 1 aromatic rings. The van der Waals surface area contributed by atoms with Crippen LogP contribution < -0.4 is 15.7 Å². The minimum absolute atomic E-state index is 0.205. The molecule has 0 fully saturated rings. The van der Waals surface area contributed by atoms with E-state index in [4.69, 9.17) is 4.74 Å². The van der Waals surface area contributed by atoms with Gasteiger partial charge in [-0.05, 0) is 6.92 Å². The van der Waals surface area contributed by atoms with E-state index >= 15 is 0 Å². The first kappa shape index (κ1) is 9.72. The third-order valence-electron chi connectivity index (χ3n) is 1.20. The van der Waals surface area contributed by atoms with Gasteiger partial charge in [0.25, 0.3) is 5.19 Å². The molecule has 0 saturated carbocycles. The first-order valence-electron chi connectivity index (χ1n) is 3.64. The van der Waals surface area contributed by atoms with Crippen molar-refractivity contribution < 1.29 is 9.53 Å². The monoisotopic (exact) mass is 203 g/mol. The quantitative estimate of drug-likeness (QED) is 0.728. The molecule has 0 bridgehead atoms. The number of rotatable bonds is 2. The fraction of sp³-hybridized carbons (Fsp3) is 0.500. The first-order chi connectivity index (χ1) is 6.19. The molecule has 0 radical (unpaired) electrons. The maximum Gasteiger partial charge on any atom is 0.369 e. The summed E-state index contributed by atoms with van der Waals surface area (Å²) in [5.74, 6) is 0. The third-order valence-corrected chi connectivity index (χ3v) is 2.07. The number of hydrogen-bond donors (Lipinski definition) is 1. The van der Waals surface area contributed by atoms with E-state index in [0.29, 0.717) is 6.61 Å². The van der Waals surface area contributed by atoms with Gasteiger partial charge in [0.15, 0.2) is 0 Å². The highest BCUT2D eigenvalue weighted by molar-refractivity contribution is 7.09. The van der Waals surface area contributed by atoms with E-state index in [1.807, 2.05) is 0 Å². The minimum Gasteiger partial charge on any atom is -0.469 e. The Morgan fingerprint density at radius 3 is 3.00 bits per heavy atom. The highest BCUT2D eigenvalue weighted by atomic mass is 32.1. The standard InChI is InChI=1S/C6H9N3O3S/c1-3-12-6-8-5(11)9(13-6)4(10)7-2/h3H2,1-2H3,(H,7,10). The Morgan fingerprint density at radius 1 is 1.77 bits per heavy atom. The van der Waals surface area contributed by atoms with Crippen molar-refractivity contribution in [1.29, 1.82) is 0 Å². The molecular weight excluding hydrogens is 194 g/mol. The maximum atomic E-state index is 11.0. The molecule has 1 heterocycles. The molecule has 0 saturated heterocycles. The molecule has 0 aromatic carbocycles. The summed E-state index contributed by atoms with van der Waals surface area (Å²) >= 11 is 0.876. The van der Waals surface area contributed by atoms with Crippen molar-refractivity contribution in [1.82, 2.24) is 14.3 Å². The smallest absolute Gasteiger partial charge is 0.369 e. The SMILES string of the molecule is CCOc1nc(=O)n(C(=O)NC)s1. The average Bonchev–Trinajstić information content (AvgIpc) is 2.46. The van der Waals surface area contributed by atoms with Crippen molar-refractivity contribution >= 4 is 17.6 Å². The topological polar surface area (TPSA) is 73.2 Å². The zero-order chi connectivity index (χ0) is 9.84. The molecule has 0 atom stereocenters. The molecule has 1 aromatic heterocycles. The number of carbonyl (C=O) groups is 1. The number of nitrogens with zero attached hydrogens (tertiary/aromatic N) is 2. The van der Waals surface area contributed by atoms with Gasteiger partial charge in [-0.1, -0.05) is 0 Å². The van der Waals surface area contributed by atoms with Crippen LogP contribution in [-0.4, -0.2) is 28.6 Å². The number of nitrogens with one attached hydrogen (secondary N) is 1. The summed E-state index contributed by atoms with van der Waals surface area (Å²) in [6, 6.07) is -0.506. The van der Waals surface area contributed by atoms with Gasteiger partial charge in [-0.3, -0.25) is 0 Å². The predicted molar refractivity (Wildman–Crippen MR) is 47.4 cm³/mol. The van der Waals surface area contributed by atoms with E-state index in [1.54, 1.807) is 6.92 Å². The number of amides is 1. The highest BCUT2D eigenvalue weighted by Crippen LogP contribution is 2.10. The zero-order valence-corrected chi connectivity index (χ0v) is 8.05. The summed E-state index contributed by atoms with van der Waals surface area (Å²) in [4.78, 5) is 25.6. The Kier molecular flexibility index (Phi) is 3.02. The van der Waals surface area contributed by atoms with Crippen LogP contribution >= 0.6 is 11.5 Å². The van der Waals surface area contributed by atoms with Crippen molar-refractivity contribution in [2.75, 3.05) is 13.7 Å².